The van der Waals surface area contributed by atoms with Crippen molar-refractivity contribution in [2.24, 2.45) is 11.7 Å². The van der Waals surface area contributed by atoms with Gasteiger partial charge in [0.25, 0.3) is 5.91 Å². The lowest BCUT2D eigenvalue weighted by Gasteiger charge is -2.31. The molecule has 0 saturated carbocycles. The first-order valence-corrected chi connectivity index (χ1v) is 7.92. The Hall–Kier alpha value is -1.55. The van der Waals surface area contributed by atoms with Crippen LogP contribution in [0.1, 0.15) is 38.2 Å². The summed E-state index contributed by atoms with van der Waals surface area (Å²) in [4.78, 5) is 14.1. The van der Waals surface area contributed by atoms with Gasteiger partial charge in [-0.15, -0.1) is 0 Å². The summed E-state index contributed by atoms with van der Waals surface area (Å²) in [7, 11) is 0. The highest BCUT2D eigenvalue weighted by Crippen LogP contribution is 2.21. The highest BCUT2D eigenvalue weighted by Gasteiger charge is 2.22. The number of hydrogen-bond donors (Lipinski definition) is 1. The molecular formula is C17H26N2O2. The number of amides is 1. The molecule has 0 bridgehead atoms. The van der Waals surface area contributed by atoms with Crippen molar-refractivity contribution in [2.45, 2.75) is 39.2 Å². The molecule has 1 saturated heterocycles. The predicted molar refractivity (Wildman–Crippen MR) is 84.0 cm³/mol. The number of piperidine rings is 1. The summed E-state index contributed by atoms with van der Waals surface area (Å²) in [6.45, 7) is 4.62. The van der Waals surface area contributed by atoms with E-state index in [1.54, 1.807) is 0 Å². The van der Waals surface area contributed by atoms with Crippen molar-refractivity contribution in [3.05, 3.63) is 29.8 Å². The third-order valence-corrected chi connectivity index (χ3v) is 4.19. The minimum absolute atomic E-state index is 0.0906. The topological polar surface area (TPSA) is 55.6 Å². The highest BCUT2D eigenvalue weighted by molar-refractivity contribution is 5.77. The van der Waals surface area contributed by atoms with Gasteiger partial charge in [0.15, 0.2) is 6.61 Å². The zero-order valence-electron chi connectivity index (χ0n) is 12.9. The van der Waals surface area contributed by atoms with Crippen LogP contribution < -0.4 is 10.5 Å². The van der Waals surface area contributed by atoms with Gasteiger partial charge in [-0.1, -0.05) is 31.9 Å². The van der Waals surface area contributed by atoms with Gasteiger partial charge in [-0.05, 0) is 36.5 Å². The Morgan fingerprint density at radius 2 is 1.95 bits per heavy atom. The number of benzene rings is 1. The molecule has 0 atom stereocenters. The normalized spacial score (nSPS) is 16.0. The second kappa shape index (κ2) is 8.03. The standard InChI is InChI=1S/C17H26N2O2/c1-2-3-14-8-10-19(11-9-14)17(20)13-21-16-6-4-15(12-18)5-7-16/h4-7,14H,2-3,8-13,18H2,1H3. The zero-order valence-corrected chi connectivity index (χ0v) is 12.9. The Kier molecular flexibility index (Phi) is 6.05. The maximum Gasteiger partial charge on any atom is 0.260 e. The molecule has 0 spiro atoms. The van der Waals surface area contributed by atoms with Gasteiger partial charge in [0.1, 0.15) is 5.75 Å². The molecule has 0 aliphatic carbocycles. The van der Waals surface area contributed by atoms with E-state index in [1.807, 2.05) is 29.2 Å². The molecule has 2 N–H and O–H groups in total. The van der Waals surface area contributed by atoms with Gasteiger partial charge < -0.3 is 15.4 Å². The fourth-order valence-electron chi connectivity index (χ4n) is 2.84. The van der Waals surface area contributed by atoms with E-state index in [2.05, 4.69) is 6.92 Å². The molecule has 4 nitrogen and oxygen atoms in total. The predicted octanol–water partition coefficient (Wildman–Crippen LogP) is 2.56. The van der Waals surface area contributed by atoms with E-state index in [0.29, 0.717) is 6.54 Å². The third kappa shape index (κ3) is 4.74. The lowest BCUT2D eigenvalue weighted by atomic mass is 9.92. The average Bonchev–Trinajstić information content (AvgIpc) is 2.54. The van der Waals surface area contributed by atoms with Crippen molar-refractivity contribution in [1.29, 1.82) is 0 Å². The van der Waals surface area contributed by atoms with E-state index in [1.165, 1.54) is 12.8 Å². The average molecular weight is 290 g/mol. The fourth-order valence-corrected chi connectivity index (χ4v) is 2.84. The maximum atomic E-state index is 12.1. The highest BCUT2D eigenvalue weighted by atomic mass is 16.5. The van der Waals surface area contributed by atoms with Crippen molar-refractivity contribution in [3.63, 3.8) is 0 Å². The van der Waals surface area contributed by atoms with Crippen LogP contribution >= 0.6 is 0 Å². The number of likely N-dealkylation sites (tertiary alicyclic amines) is 1. The van der Waals surface area contributed by atoms with E-state index in [4.69, 9.17) is 10.5 Å². The number of carbonyl (C=O) groups excluding carboxylic acids is 1. The fraction of sp³-hybridized carbons (Fsp3) is 0.588. The van der Waals surface area contributed by atoms with Crippen LogP contribution in [0.3, 0.4) is 0 Å². The van der Waals surface area contributed by atoms with Crippen LogP contribution in [0.25, 0.3) is 0 Å². The Balaban J connectivity index is 1.74. The lowest BCUT2D eigenvalue weighted by molar-refractivity contribution is -0.134. The van der Waals surface area contributed by atoms with Gasteiger partial charge >= 0.3 is 0 Å². The summed E-state index contributed by atoms with van der Waals surface area (Å²) >= 11 is 0. The van der Waals surface area contributed by atoms with Crippen LogP contribution in [0.2, 0.25) is 0 Å². The molecule has 4 heteroatoms. The number of hydrogen-bond acceptors (Lipinski definition) is 3. The number of carbonyl (C=O) groups is 1. The molecule has 0 unspecified atom stereocenters. The van der Waals surface area contributed by atoms with Crippen molar-refractivity contribution < 1.29 is 9.53 Å². The van der Waals surface area contributed by atoms with Crippen LogP contribution in [-0.2, 0) is 11.3 Å². The van der Waals surface area contributed by atoms with E-state index in [-0.39, 0.29) is 12.5 Å². The second-order valence-electron chi connectivity index (χ2n) is 5.75. The summed E-state index contributed by atoms with van der Waals surface area (Å²) in [5.41, 5.74) is 6.61. The molecule has 1 heterocycles. The molecule has 1 aliphatic heterocycles. The smallest absolute Gasteiger partial charge is 0.260 e. The van der Waals surface area contributed by atoms with Gasteiger partial charge in [-0.3, -0.25) is 4.79 Å². The van der Waals surface area contributed by atoms with Crippen LogP contribution in [0.15, 0.2) is 24.3 Å². The molecule has 0 aromatic heterocycles. The Labute approximate surface area is 127 Å². The quantitative estimate of drug-likeness (QED) is 0.876. The first kappa shape index (κ1) is 15.8. The number of ether oxygens (including phenoxy) is 1. The van der Waals surface area contributed by atoms with Gasteiger partial charge in [0.2, 0.25) is 0 Å². The monoisotopic (exact) mass is 290 g/mol. The van der Waals surface area contributed by atoms with Crippen LogP contribution in [0.4, 0.5) is 0 Å². The molecule has 1 amide bonds. The van der Waals surface area contributed by atoms with Gasteiger partial charge in [-0.25, -0.2) is 0 Å². The minimum atomic E-state index is 0.0906. The van der Waals surface area contributed by atoms with Crippen LogP contribution in [0.5, 0.6) is 5.75 Å². The van der Waals surface area contributed by atoms with E-state index in [9.17, 15) is 4.79 Å². The SMILES string of the molecule is CCCC1CCN(C(=O)COc2ccc(CN)cc2)CC1. The second-order valence-corrected chi connectivity index (χ2v) is 5.75. The maximum absolute atomic E-state index is 12.1. The van der Waals surface area contributed by atoms with Crippen molar-refractivity contribution in [3.8, 4) is 5.75 Å². The van der Waals surface area contributed by atoms with E-state index in [0.717, 1.165) is 43.2 Å². The Morgan fingerprint density at radius 3 is 2.52 bits per heavy atom. The van der Waals surface area contributed by atoms with Gasteiger partial charge in [0, 0.05) is 19.6 Å². The zero-order chi connectivity index (χ0) is 15.1. The molecule has 1 aliphatic rings. The van der Waals surface area contributed by atoms with Crippen molar-refractivity contribution in [1.82, 2.24) is 4.90 Å². The molecule has 0 radical (unpaired) electrons. The summed E-state index contributed by atoms with van der Waals surface area (Å²) < 4.78 is 5.56. The lowest BCUT2D eigenvalue weighted by Crippen LogP contribution is -2.40. The third-order valence-electron chi connectivity index (χ3n) is 4.19. The summed E-state index contributed by atoms with van der Waals surface area (Å²) in [6, 6.07) is 7.58. The number of nitrogens with zero attached hydrogens (tertiary/aromatic N) is 1. The molecular weight excluding hydrogens is 264 g/mol. The molecule has 1 fully saturated rings. The Morgan fingerprint density at radius 1 is 1.29 bits per heavy atom. The van der Waals surface area contributed by atoms with E-state index >= 15 is 0 Å². The van der Waals surface area contributed by atoms with Crippen molar-refractivity contribution >= 4 is 5.91 Å². The van der Waals surface area contributed by atoms with Gasteiger partial charge in [0.05, 0.1) is 0 Å². The van der Waals surface area contributed by atoms with E-state index < -0.39 is 0 Å². The number of rotatable bonds is 6. The molecule has 2 rings (SSSR count). The van der Waals surface area contributed by atoms with Gasteiger partial charge in [-0.2, -0.15) is 0 Å². The summed E-state index contributed by atoms with van der Waals surface area (Å²) in [6.07, 6.45) is 4.78. The van der Waals surface area contributed by atoms with Crippen LogP contribution in [0, 0.1) is 5.92 Å². The molecule has 21 heavy (non-hydrogen) atoms. The number of nitrogens with two attached hydrogens (primary N) is 1. The Bertz CT molecular complexity index is 437. The van der Waals surface area contributed by atoms with Crippen LogP contribution in [-0.4, -0.2) is 30.5 Å². The molecule has 1 aromatic carbocycles. The summed E-state index contributed by atoms with van der Waals surface area (Å²) in [5, 5.41) is 0. The largest absolute Gasteiger partial charge is 0.484 e. The summed E-state index contributed by atoms with van der Waals surface area (Å²) in [5.74, 6) is 1.61. The minimum Gasteiger partial charge on any atom is -0.484 e. The first-order valence-electron chi connectivity index (χ1n) is 7.92. The molecule has 1 aromatic rings. The molecule has 116 valence electrons. The first-order chi connectivity index (χ1) is 10.2. The van der Waals surface area contributed by atoms with Crippen molar-refractivity contribution in [2.75, 3.05) is 19.7 Å².